The zero-order chi connectivity index (χ0) is 13.0. The molecule has 2 aromatic heterocycles. The maximum absolute atomic E-state index is 4.39. The largest absolute Gasteiger partial charge is 0.368 e. The normalized spacial score (nSPS) is 11.3. The van der Waals surface area contributed by atoms with Gasteiger partial charge in [0, 0.05) is 12.3 Å². The predicted molar refractivity (Wildman–Crippen MR) is 76.8 cm³/mol. The quantitative estimate of drug-likeness (QED) is 0.870. The van der Waals surface area contributed by atoms with Crippen LogP contribution in [0.4, 0.5) is 5.82 Å². The molecule has 0 radical (unpaired) electrons. The van der Waals surface area contributed by atoms with E-state index in [-0.39, 0.29) is 0 Å². The van der Waals surface area contributed by atoms with Gasteiger partial charge in [-0.3, -0.25) is 3.97 Å². The minimum absolute atomic E-state index is 0.683. The van der Waals surface area contributed by atoms with Gasteiger partial charge in [-0.15, -0.1) is 0 Å². The maximum atomic E-state index is 4.39. The van der Waals surface area contributed by atoms with Crippen molar-refractivity contribution < 1.29 is 0 Å². The molecule has 0 amide bonds. The molecule has 0 aliphatic carbocycles. The topological polar surface area (TPSA) is 55.6 Å². The fraction of sp³-hybridized carbons (Fsp3) is 0.583. The van der Waals surface area contributed by atoms with Crippen LogP contribution in [0.1, 0.15) is 27.2 Å². The first-order valence-electron chi connectivity index (χ1n) is 6.27. The number of fused-ring (bicyclic) bond motifs is 1. The minimum atomic E-state index is 0.683. The monoisotopic (exact) mass is 265 g/mol. The Morgan fingerprint density at radius 1 is 1.33 bits per heavy atom. The molecule has 6 heteroatoms. The number of nitrogens with one attached hydrogen (secondary N) is 1. The van der Waals surface area contributed by atoms with E-state index in [1.54, 1.807) is 24.6 Å². The molecule has 0 atom stereocenters. The molecule has 18 heavy (non-hydrogen) atoms. The lowest BCUT2D eigenvalue weighted by Crippen LogP contribution is -2.07. The first-order chi connectivity index (χ1) is 8.72. The van der Waals surface area contributed by atoms with Gasteiger partial charge in [-0.1, -0.05) is 20.8 Å². The highest BCUT2D eigenvalue weighted by Gasteiger charge is 2.09. The van der Waals surface area contributed by atoms with Gasteiger partial charge in [0.2, 0.25) is 0 Å². The molecule has 1 N–H and O–H groups in total. The maximum Gasteiger partial charge on any atom is 0.175 e. The Morgan fingerprint density at radius 2 is 2.17 bits per heavy atom. The summed E-state index contributed by atoms with van der Waals surface area (Å²) < 4.78 is 1.99. The van der Waals surface area contributed by atoms with E-state index in [9.17, 15) is 0 Å². The number of rotatable bonds is 6. The van der Waals surface area contributed by atoms with E-state index < -0.39 is 0 Å². The van der Waals surface area contributed by atoms with Crippen LogP contribution in [0.2, 0.25) is 0 Å². The van der Waals surface area contributed by atoms with E-state index in [2.05, 4.69) is 41.0 Å². The Bertz CT molecular complexity index is 508. The van der Waals surface area contributed by atoms with E-state index in [1.807, 2.05) is 3.97 Å². The summed E-state index contributed by atoms with van der Waals surface area (Å²) in [6, 6.07) is 0. The summed E-state index contributed by atoms with van der Waals surface area (Å²) in [4.78, 5) is 13.0. The highest BCUT2D eigenvalue weighted by Crippen LogP contribution is 2.21. The molecule has 2 heterocycles. The Morgan fingerprint density at radius 3 is 2.89 bits per heavy atom. The van der Waals surface area contributed by atoms with Gasteiger partial charge in [0.25, 0.3) is 0 Å². The summed E-state index contributed by atoms with van der Waals surface area (Å²) in [7, 11) is 0. The third kappa shape index (κ3) is 2.93. The highest BCUT2D eigenvalue weighted by atomic mass is 32.2. The Hall–Kier alpha value is -1.30. The molecule has 0 saturated carbocycles. The van der Waals surface area contributed by atoms with Gasteiger partial charge < -0.3 is 5.32 Å². The van der Waals surface area contributed by atoms with E-state index in [0.29, 0.717) is 5.92 Å². The van der Waals surface area contributed by atoms with Crippen LogP contribution in [0.3, 0.4) is 0 Å². The van der Waals surface area contributed by atoms with Crippen molar-refractivity contribution >= 4 is 28.9 Å². The summed E-state index contributed by atoms with van der Waals surface area (Å²) in [6.07, 6.45) is 4.52. The van der Waals surface area contributed by atoms with Gasteiger partial charge in [-0.2, -0.15) is 0 Å². The van der Waals surface area contributed by atoms with Gasteiger partial charge in [0.05, 0.1) is 0 Å². The molecule has 0 unspecified atom stereocenters. The number of nitrogens with zero attached hydrogens (tertiary/aromatic N) is 4. The van der Waals surface area contributed by atoms with Crippen LogP contribution >= 0.6 is 11.9 Å². The summed E-state index contributed by atoms with van der Waals surface area (Å²) in [5.41, 5.74) is 1.73. The molecule has 2 aromatic rings. The molecular weight excluding hydrogens is 246 g/mol. The van der Waals surface area contributed by atoms with E-state index >= 15 is 0 Å². The van der Waals surface area contributed by atoms with Crippen molar-refractivity contribution in [1.82, 2.24) is 18.9 Å². The van der Waals surface area contributed by atoms with Crippen LogP contribution in [0.5, 0.6) is 0 Å². The van der Waals surface area contributed by atoms with Crippen LogP contribution in [0, 0.1) is 5.92 Å². The SMILES string of the molecule is CCSn1cnc2c(NCCC(C)C)ncnc21. The standard InChI is InChI=1S/C12H19N5S/c1-4-18-17-8-16-10-11(13-6-5-9(2)3)14-7-15-12(10)17/h7-9H,4-6H2,1-3H3,(H,13,14,15). The second-order valence-corrected chi connectivity index (χ2v) is 5.72. The minimum Gasteiger partial charge on any atom is -0.368 e. The van der Waals surface area contributed by atoms with Crippen molar-refractivity contribution in [3.05, 3.63) is 12.7 Å². The van der Waals surface area contributed by atoms with Gasteiger partial charge in [0.15, 0.2) is 17.0 Å². The van der Waals surface area contributed by atoms with Crippen LogP contribution in [-0.2, 0) is 0 Å². The lowest BCUT2D eigenvalue weighted by atomic mass is 10.1. The van der Waals surface area contributed by atoms with Gasteiger partial charge in [-0.05, 0) is 24.3 Å². The van der Waals surface area contributed by atoms with Crippen molar-refractivity contribution in [3.63, 3.8) is 0 Å². The van der Waals surface area contributed by atoms with Crippen LogP contribution in [-0.4, -0.2) is 31.2 Å². The van der Waals surface area contributed by atoms with Crippen LogP contribution < -0.4 is 5.32 Å². The Balaban J connectivity index is 2.18. The number of hydrogen-bond donors (Lipinski definition) is 1. The molecule has 2 rings (SSSR count). The average molecular weight is 265 g/mol. The summed E-state index contributed by atoms with van der Waals surface area (Å²) in [6.45, 7) is 7.45. The predicted octanol–water partition coefficient (Wildman–Crippen LogP) is 2.80. The van der Waals surface area contributed by atoms with Crippen molar-refractivity contribution in [3.8, 4) is 0 Å². The molecule has 0 bridgehead atoms. The van der Waals surface area contributed by atoms with E-state index in [0.717, 1.165) is 35.7 Å². The summed E-state index contributed by atoms with van der Waals surface area (Å²) in [5.74, 6) is 2.50. The van der Waals surface area contributed by atoms with Crippen LogP contribution in [0.15, 0.2) is 12.7 Å². The van der Waals surface area contributed by atoms with Crippen molar-refractivity contribution in [2.24, 2.45) is 5.92 Å². The molecule has 0 aromatic carbocycles. The van der Waals surface area contributed by atoms with Crippen molar-refractivity contribution in [2.45, 2.75) is 27.2 Å². The molecule has 5 nitrogen and oxygen atoms in total. The van der Waals surface area contributed by atoms with Crippen molar-refractivity contribution in [1.29, 1.82) is 0 Å². The van der Waals surface area contributed by atoms with Gasteiger partial charge >= 0.3 is 0 Å². The highest BCUT2D eigenvalue weighted by molar-refractivity contribution is 7.97. The fourth-order valence-corrected chi connectivity index (χ4v) is 2.30. The number of hydrogen-bond acceptors (Lipinski definition) is 5. The smallest absolute Gasteiger partial charge is 0.175 e. The molecular formula is C12H19N5S. The third-order valence-corrected chi connectivity index (χ3v) is 3.39. The lowest BCUT2D eigenvalue weighted by molar-refractivity contribution is 0.607. The second-order valence-electron chi connectivity index (χ2n) is 4.49. The molecule has 0 spiro atoms. The molecule has 0 saturated heterocycles. The number of anilines is 1. The first-order valence-corrected chi connectivity index (χ1v) is 7.21. The number of imidazole rings is 1. The number of aromatic nitrogens is 4. The first kappa shape index (κ1) is 13.1. The molecule has 98 valence electrons. The average Bonchev–Trinajstić information content (AvgIpc) is 2.74. The zero-order valence-electron chi connectivity index (χ0n) is 11.1. The molecule has 0 fully saturated rings. The molecule has 0 aliphatic heterocycles. The van der Waals surface area contributed by atoms with Crippen molar-refractivity contribution in [2.75, 3.05) is 17.6 Å². The van der Waals surface area contributed by atoms with E-state index in [4.69, 9.17) is 0 Å². The van der Waals surface area contributed by atoms with Gasteiger partial charge in [-0.25, -0.2) is 15.0 Å². The zero-order valence-corrected chi connectivity index (χ0v) is 11.9. The van der Waals surface area contributed by atoms with Gasteiger partial charge in [0.1, 0.15) is 12.7 Å². The van der Waals surface area contributed by atoms with Crippen LogP contribution in [0.25, 0.3) is 11.2 Å². The Kier molecular flexibility index (Phi) is 4.41. The lowest BCUT2D eigenvalue weighted by Gasteiger charge is -2.07. The summed E-state index contributed by atoms with van der Waals surface area (Å²) >= 11 is 1.68. The second kappa shape index (κ2) is 6.04. The summed E-state index contributed by atoms with van der Waals surface area (Å²) in [5, 5.41) is 3.34. The van der Waals surface area contributed by atoms with E-state index in [1.165, 1.54) is 0 Å². The third-order valence-electron chi connectivity index (χ3n) is 2.59. The Labute approximate surface area is 112 Å². The molecule has 0 aliphatic rings. The fourth-order valence-electron chi connectivity index (χ4n) is 1.66.